The highest BCUT2D eigenvalue weighted by atomic mass is 16.6. The Hall–Kier alpha value is -3.42. The highest BCUT2D eigenvalue weighted by Gasteiger charge is 2.34. The lowest BCUT2D eigenvalue weighted by atomic mass is 9.92. The highest BCUT2D eigenvalue weighted by molar-refractivity contribution is 5.96. The van der Waals surface area contributed by atoms with Crippen molar-refractivity contribution in [2.45, 2.75) is 19.4 Å². The first kappa shape index (κ1) is 18.9. The van der Waals surface area contributed by atoms with E-state index < -0.39 is 12.1 Å². The Morgan fingerprint density at radius 1 is 1.21 bits per heavy atom. The first-order chi connectivity index (χ1) is 14.0. The third-order valence-corrected chi connectivity index (χ3v) is 5.53. The van der Waals surface area contributed by atoms with Crippen LogP contribution in [0.25, 0.3) is 11.0 Å². The number of rotatable bonds is 3. The van der Waals surface area contributed by atoms with Gasteiger partial charge in [0.05, 0.1) is 17.0 Å². The molecule has 1 fully saturated rings. The van der Waals surface area contributed by atoms with Crippen molar-refractivity contribution in [3.63, 3.8) is 0 Å². The largest absolute Gasteiger partial charge is 0.417 e. The minimum atomic E-state index is -0.635. The van der Waals surface area contributed by atoms with Gasteiger partial charge < -0.3 is 19.5 Å². The van der Waals surface area contributed by atoms with Crippen LogP contribution in [-0.2, 0) is 4.74 Å². The Balaban J connectivity index is 1.48. The first-order valence-corrected chi connectivity index (χ1v) is 9.61. The lowest BCUT2D eigenvalue weighted by Crippen LogP contribution is -2.53. The Morgan fingerprint density at radius 2 is 2.00 bits per heavy atom. The maximum Gasteiger partial charge on any atom is 0.417 e. The van der Waals surface area contributed by atoms with Gasteiger partial charge in [0, 0.05) is 26.3 Å². The molecule has 2 unspecified atom stereocenters. The fraction of sp³-hybridized carbons (Fsp3) is 0.333. The number of likely N-dealkylation sites (tertiary alicyclic amines) is 1. The predicted molar refractivity (Wildman–Crippen MR) is 109 cm³/mol. The zero-order chi connectivity index (χ0) is 20.4. The van der Waals surface area contributed by atoms with Crippen LogP contribution in [0.15, 0.2) is 48.9 Å². The number of carbonyl (C=O) groups is 2. The molecule has 1 aliphatic heterocycles. The van der Waals surface area contributed by atoms with Gasteiger partial charge in [0.1, 0.15) is 17.8 Å². The number of likely N-dealkylation sites (N-methyl/N-ethyl adjacent to an activating group) is 1. The van der Waals surface area contributed by atoms with Crippen LogP contribution in [-0.4, -0.2) is 58.1 Å². The van der Waals surface area contributed by atoms with Crippen LogP contribution < -0.4 is 4.90 Å². The molecule has 1 aromatic carbocycles. The molecule has 0 spiro atoms. The summed E-state index contributed by atoms with van der Waals surface area (Å²) in [6, 6.07) is 10.5. The van der Waals surface area contributed by atoms with Gasteiger partial charge in [-0.2, -0.15) is 0 Å². The van der Waals surface area contributed by atoms with E-state index in [1.165, 1.54) is 6.33 Å². The maximum atomic E-state index is 12.6. The SMILES string of the molecule is CC1CCN(C(=O)OC(=O)c2ccccc2)CC1N(C)c1ncnc2[nH]ccc12. The molecule has 8 nitrogen and oxygen atoms in total. The van der Waals surface area contributed by atoms with Crippen molar-refractivity contribution in [2.24, 2.45) is 5.92 Å². The van der Waals surface area contributed by atoms with Crippen molar-refractivity contribution in [3.8, 4) is 0 Å². The van der Waals surface area contributed by atoms with E-state index in [1.54, 1.807) is 35.2 Å². The highest BCUT2D eigenvalue weighted by Crippen LogP contribution is 2.28. The van der Waals surface area contributed by atoms with E-state index in [1.807, 2.05) is 19.3 Å². The summed E-state index contributed by atoms with van der Waals surface area (Å²) in [5.74, 6) is 0.519. The summed E-state index contributed by atoms with van der Waals surface area (Å²) in [7, 11) is 1.97. The molecule has 4 rings (SSSR count). The Kier molecular flexibility index (Phi) is 5.16. The minimum absolute atomic E-state index is 0.0381. The van der Waals surface area contributed by atoms with Gasteiger partial charge in [-0.25, -0.2) is 19.6 Å². The number of anilines is 1. The average molecular weight is 393 g/mol. The number of aromatic amines is 1. The van der Waals surface area contributed by atoms with Crippen LogP contribution in [0.3, 0.4) is 0 Å². The van der Waals surface area contributed by atoms with Gasteiger partial charge in [-0.15, -0.1) is 0 Å². The van der Waals surface area contributed by atoms with Crippen molar-refractivity contribution < 1.29 is 14.3 Å². The van der Waals surface area contributed by atoms with Crippen LogP contribution in [0.4, 0.5) is 10.6 Å². The molecule has 0 aliphatic carbocycles. The average Bonchev–Trinajstić information content (AvgIpc) is 3.23. The fourth-order valence-corrected chi connectivity index (χ4v) is 3.79. The summed E-state index contributed by atoms with van der Waals surface area (Å²) in [4.78, 5) is 40.3. The molecule has 1 amide bonds. The van der Waals surface area contributed by atoms with Crippen molar-refractivity contribution in [2.75, 3.05) is 25.0 Å². The smallest absolute Gasteiger partial charge is 0.372 e. The van der Waals surface area contributed by atoms with E-state index in [9.17, 15) is 9.59 Å². The number of benzene rings is 1. The number of esters is 1. The summed E-state index contributed by atoms with van der Waals surface area (Å²) in [5, 5.41) is 0.932. The molecule has 0 saturated carbocycles. The summed E-state index contributed by atoms with van der Waals surface area (Å²) >= 11 is 0. The molecule has 8 heteroatoms. The minimum Gasteiger partial charge on any atom is -0.372 e. The third kappa shape index (κ3) is 3.78. The molecule has 1 saturated heterocycles. The lowest BCUT2D eigenvalue weighted by molar-refractivity contribution is 0.0501. The van der Waals surface area contributed by atoms with Gasteiger partial charge in [-0.05, 0) is 30.5 Å². The Morgan fingerprint density at radius 3 is 2.79 bits per heavy atom. The number of hydrogen-bond donors (Lipinski definition) is 1. The van der Waals surface area contributed by atoms with E-state index >= 15 is 0 Å². The number of hydrogen-bond acceptors (Lipinski definition) is 6. The van der Waals surface area contributed by atoms with E-state index in [4.69, 9.17) is 4.74 Å². The molecule has 1 N–H and O–H groups in total. The van der Waals surface area contributed by atoms with Crippen LogP contribution in [0.2, 0.25) is 0 Å². The van der Waals surface area contributed by atoms with Crippen molar-refractivity contribution in [3.05, 3.63) is 54.5 Å². The number of aromatic nitrogens is 3. The molecule has 1 aliphatic rings. The van der Waals surface area contributed by atoms with E-state index in [2.05, 4.69) is 26.8 Å². The number of carbonyl (C=O) groups excluding carboxylic acids is 2. The molecule has 3 heterocycles. The number of nitrogens with one attached hydrogen (secondary N) is 1. The number of fused-ring (bicyclic) bond motifs is 1. The second-order valence-electron chi connectivity index (χ2n) is 7.35. The van der Waals surface area contributed by atoms with Gasteiger partial charge in [0.15, 0.2) is 0 Å². The number of amides is 1. The molecule has 29 heavy (non-hydrogen) atoms. The topological polar surface area (TPSA) is 91.4 Å². The van der Waals surface area contributed by atoms with Gasteiger partial charge in [0.2, 0.25) is 0 Å². The van der Waals surface area contributed by atoms with Crippen LogP contribution >= 0.6 is 0 Å². The summed E-state index contributed by atoms with van der Waals surface area (Å²) in [6.45, 7) is 3.17. The molecule has 0 bridgehead atoms. The van der Waals surface area contributed by atoms with E-state index in [0.29, 0.717) is 24.6 Å². The van der Waals surface area contributed by atoms with Gasteiger partial charge >= 0.3 is 12.1 Å². The molecule has 2 aromatic heterocycles. The second-order valence-corrected chi connectivity index (χ2v) is 7.35. The quantitative estimate of drug-likeness (QED) is 0.543. The zero-order valence-corrected chi connectivity index (χ0v) is 16.4. The zero-order valence-electron chi connectivity index (χ0n) is 16.4. The number of H-pyrrole nitrogens is 1. The summed E-state index contributed by atoms with van der Waals surface area (Å²) < 4.78 is 5.10. The van der Waals surface area contributed by atoms with Gasteiger partial charge in [-0.1, -0.05) is 25.1 Å². The van der Waals surface area contributed by atoms with Crippen molar-refractivity contribution in [1.82, 2.24) is 19.9 Å². The standard InChI is InChI=1S/C21H23N5O3/c1-14-9-11-26(21(28)29-20(27)15-6-4-3-5-7-15)12-17(14)25(2)19-16-8-10-22-18(16)23-13-24-19/h3-8,10,13-14,17H,9,11-12H2,1-2H3,(H,22,23,24). The molecular formula is C21H23N5O3. The molecule has 150 valence electrons. The molecule has 3 aromatic rings. The predicted octanol–water partition coefficient (Wildman–Crippen LogP) is 3.08. The van der Waals surface area contributed by atoms with Gasteiger partial charge in [-0.3, -0.25) is 0 Å². The van der Waals surface area contributed by atoms with Crippen LogP contribution in [0.1, 0.15) is 23.7 Å². The van der Waals surface area contributed by atoms with E-state index in [0.717, 1.165) is 23.3 Å². The third-order valence-electron chi connectivity index (χ3n) is 5.53. The second kappa shape index (κ2) is 7.90. The first-order valence-electron chi connectivity index (χ1n) is 9.61. The number of nitrogens with zero attached hydrogens (tertiary/aromatic N) is 4. The van der Waals surface area contributed by atoms with Crippen LogP contribution in [0.5, 0.6) is 0 Å². The monoisotopic (exact) mass is 393 g/mol. The van der Waals surface area contributed by atoms with Gasteiger partial charge in [0.25, 0.3) is 0 Å². The Bertz CT molecular complexity index is 1020. The molecule has 2 atom stereocenters. The summed E-state index contributed by atoms with van der Waals surface area (Å²) in [6.07, 6.45) is 3.56. The lowest BCUT2D eigenvalue weighted by Gasteiger charge is -2.41. The van der Waals surface area contributed by atoms with E-state index in [-0.39, 0.29) is 6.04 Å². The van der Waals surface area contributed by atoms with Crippen LogP contribution in [0, 0.1) is 5.92 Å². The number of piperidine rings is 1. The number of ether oxygens (including phenoxy) is 1. The maximum absolute atomic E-state index is 12.6. The normalized spacial score (nSPS) is 19.2. The Labute approximate surface area is 168 Å². The van der Waals surface area contributed by atoms with Crippen molar-refractivity contribution >= 4 is 28.9 Å². The van der Waals surface area contributed by atoms with Crippen molar-refractivity contribution in [1.29, 1.82) is 0 Å². The fourth-order valence-electron chi connectivity index (χ4n) is 3.79. The molecule has 0 radical (unpaired) electrons. The summed E-state index contributed by atoms with van der Waals surface area (Å²) in [5.41, 5.74) is 1.13. The molecular weight excluding hydrogens is 370 g/mol.